The fourth-order valence-corrected chi connectivity index (χ4v) is 4.24. The van der Waals surface area contributed by atoms with Gasteiger partial charge in [-0.1, -0.05) is 43.2 Å². The Morgan fingerprint density at radius 1 is 1.09 bits per heavy atom. The maximum Gasteiger partial charge on any atom is 0.290 e. The highest BCUT2D eigenvalue weighted by molar-refractivity contribution is 5.96. The van der Waals surface area contributed by atoms with Crippen LogP contribution >= 0.6 is 0 Å². The van der Waals surface area contributed by atoms with E-state index < -0.39 is 17.8 Å². The Morgan fingerprint density at radius 3 is 2.45 bits per heavy atom. The second-order valence-corrected chi connectivity index (χ2v) is 8.17. The van der Waals surface area contributed by atoms with Crippen molar-refractivity contribution in [3.8, 4) is 5.75 Å². The molecule has 1 aromatic heterocycles. The van der Waals surface area contributed by atoms with Crippen molar-refractivity contribution in [1.82, 2.24) is 10.2 Å². The van der Waals surface area contributed by atoms with Crippen LogP contribution in [-0.2, 0) is 11.3 Å². The zero-order valence-electron chi connectivity index (χ0n) is 18.5. The summed E-state index contributed by atoms with van der Waals surface area (Å²) in [7, 11) is 1.56. The van der Waals surface area contributed by atoms with Gasteiger partial charge < -0.3 is 19.4 Å². The van der Waals surface area contributed by atoms with Gasteiger partial charge in [0.05, 0.1) is 19.9 Å². The lowest BCUT2D eigenvalue weighted by Crippen LogP contribution is -2.46. The van der Waals surface area contributed by atoms with Crippen LogP contribution in [0.4, 0.5) is 4.39 Å². The predicted octanol–water partition coefficient (Wildman–Crippen LogP) is 4.87. The topological polar surface area (TPSA) is 71.8 Å². The molecule has 1 aliphatic carbocycles. The van der Waals surface area contributed by atoms with Gasteiger partial charge in [-0.25, -0.2) is 4.39 Å². The molecule has 0 spiro atoms. The number of rotatable bonds is 8. The summed E-state index contributed by atoms with van der Waals surface area (Å²) in [4.78, 5) is 28.5. The third-order valence-corrected chi connectivity index (χ3v) is 5.98. The summed E-state index contributed by atoms with van der Waals surface area (Å²) < 4.78 is 25.2. The SMILES string of the molecule is COc1ccc(C(C(=O)NC2CCCC2)N(Cc2ccccc2F)C(=O)c2ccco2)cc1. The first-order valence-electron chi connectivity index (χ1n) is 11.1. The summed E-state index contributed by atoms with van der Waals surface area (Å²) in [5.41, 5.74) is 0.909. The minimum absolute atomic E-state index is 0.0623. The molecule has 172 valence electrons. The molecule has 1 atom stereocenters. The van der Waals surface area contributed by atoms with Crippen LogP contribution in [0, 0.1) is 5.82 Å². The van der Waals surface area contributed by atoms with E-state index in [2.05, 4.69) is 5.32 Å². The van der Waals surface area contributed by atoms with Crippen LogP contribution in [0.2, 0.25) is 0 Å². The lowest BCUT2D eigenvalue weighted by Gasteiger charge is -2.32. The predicted molar refractivity (Wildman–Crippen MR) is 121 cm³/mol. The van der Waals surface area contributed by atoms with Crippen molar-refractivity contribution in [2.45, 2.75) is 44.3 Å². The number of ether oxygens (including phenoxy) is 1. The lowest BCUT2D eigenvalue weighted by molar-refractivity contribution is -0.126. The van der Waals surface area contributed by atoms with Gasteiger partial charge in [-0.15, -0.1) is 0 Å². The Labute approximate surface area is 192 Å². The van der Waals surface area contributed by atoms with Gasteiger partial charge in [-0.05, 0) is 48.7 Å². The second-order valence-electron chi connectivity index (χ2n) is 8.17. The number of methoxy groups -OCH3 is 1. The normalized spacial score (nSPS) is 14.6. The Bertz CT molecular complexity index is 1080. The molecule has 2 aromatic carbocycles. The number of hydrogen-bond donors (Lipinski definition) is 1. The van der Waals surface area contributed by atoms with E-state index in [4.69, 9.17) is 9.15 Å². The van der Waals surface area contributed by atoms with Crippen molar-refractivity contribution in [2.24, 2.45) is 0 Å². The Hall–Kier alpha value is -3.61. The van der Waals surface area contributed by atoms with Crippen molar-refractivity contribution < 1.29 is 23.1 Å². The van der Waals surface area contributed by atoms with Crippen molar-refractivity contribution in [1.29, 1.82) is 0 Å². The molecule has 0 radical (unpaired) electrons. The van der Waals surface area contributed by atoms with Crippen molar-refractivity contribution >= 4 is 11.8 Å². The smallest absolute Gasteiger partial charge is 0.290 e. The quantitative estimate of drug-likeness (QED) is 0.532. The number of hydrogen-bond acceptors (Lipinski definition) is 4. The van der Waals surface area contributed by atoms with Gasteiger partial charge in [0.15, 0.2) is 5.76 Å². The van der Waals surface area contributed by atoms with Crippen LogP contribution in [0.5, 0.6) is 5.75 Å². The third kappa shape index (κ3) is 5.25. The monoisotopic (exact) mass is 450 g/mol. The average Bonchev–Trinajstić information content (AvgIpc) is 3.54. The number of nitrogens with one attached hydrogen (secondary N) is 1. The largest absolute Gasteiger partial charge is 0.497 e. The molecule has 1 aliphatic rings. The van der Waals surface area contributed by atoms with Crippen LogP contribution in [0.15, 0.2) is 71.3 Å². The molecule has 0 bridgehead atoms. The van der Waals surface area contributed by atoms with E-state index in [1.807, 2.05) is 0 Å². The molecule has 3 aromatic rings. The Kier molecular flexibility index (Phi) is 7.07. The van der Waals surface area contributed by atoms with Crippen LogP contribution in [-0.4, -0.2) is 29.9 Å². The van der Waals surface area contributed by atoms with E-state index in [0.717, 1.165) is 25.7 Å². The highest BCUT2D eigenvalue weighted by Gasteiger charge is 2.35. The number of amides is 2. The molecule has 0 saturated heterocycles. The standard InChI is InChI=1S/C26H27FN2O4/c1-32-21-14-12-18(13-15-21)24(25(30)28-20-8-3-4-9-20)29(26(31)23-11-6-16-33-23)17-19-7-2-5-10-22(19)27/h2,5-7,10-16,20,24H,3-4,8-9,17H2,1H3,(H,28,30). The molecule has 4 rings (SSSR count). The van der Waals surface area contributed by atoms with E-state index in [9.17, 15) is 14.0 Å². The highest BCUT2D eigenvalue weighted by Crippen LogP contribution is 2.29. The molecule has 2 amide bonds. The molecule has 0 aliphatic heterocycles. The molecule has 1 fully saturated rings. The van der Waals surface area contributed by atoms with Crippen molar-refractivity contribution in [3.05, 3.63) is 89.6 Å². The maximum atomic E-state index is 14.6. The van der Waals surface area contributed by atoms with Gasteiger partial charge in [0, 0.05) is 11.6 Å². The number of furan rings is 1. The molecular weight excluding hydrogens is 423 g/mol. The second kappa shape index (κ2) is 10.3. The summed E-state index contributed by atoms with van der Waals surface area (Å²) >= 11 is 0. The summed E-state index contributed by atoms with van der Waals surface area (Å²) in [5.74, 6) is -0.529. The van der Waals surface area contributed by atoms with E-state index >= 15 is 0 Å². The zero-order chi connectivity index (χ0) is 23.2. The molecule has 1 saturated carbocycles. The van der Waals surface area contributed by atoms with Crippen LogP contribution < -0.4 is 10.1 Å². The highest BCUT2D eigenvalue weighted by atomic mass is 19.1. The first-order chi connectivity index (χ1) is 16.1. The van der Waals surface area contributed by atoms with E-state index in [1.165, 1.54) is 23.3 Å². The molecule has 33 heavy (non-hydrogen) atoms. The molecule has 1 unspecified atom stereocenters. The number of benzene rings is 2. The van der Waals surface area contributed by atoms with Gasteiger partial charge in [-0.3, -0.25) is 9.59 Å². The van der Waals surface area contributed by atoms with Crippen LogP contribution in [0.25, 0.3) is 0 Å². The molecular formula is C26H27FN2O4. The lowest BCUT2D eigenvalue weighted by atomic mass is 10.0. The van der Waals surface area contributed by atoms with E-state index in [1.54, 1.807) is 55.6 Å². The Balaban J connectivity index is 1.75. The van der Waals surface area contributed by atoms with E-state index in [-0.39, 0.29) is 24.3 Å². The fourth-order valence-electron chi connectivity index (χ4n) is 4.24. The fraction of sp³-hybridized carbons (Fsp3) is 0.308. The molecule has 6 nitrogen and oxygen atoms in total. The van der Waals surface area contributed by atoms with Gasteiger partial charge >= 0.3 is 0 Å². The summed E-state index contributed by atoms with van der Waals surface area (Å²) in [6.45, 7) is -0.0962. The zero-order valence-corrected chi connectivity index (χ0v) is 18.5. The maximum absolute atomic E-state index is 14.6. The third-order valence-electron chi connectivity index (χ3n) is 5.98. The van der Waals surface area contributed by atoms with E-state index in [0.29, 0.717) is 16.9 Å². The molecule has 1 N–H and O–H groups in total. The molecule has 1 heterocycles. The van der Waals surface area contributed by atoms with Crippen LogP contribution in [0.3, 0.4) is 0 Å². The van der Waals surface area contributed by atoms with Gasteiger partial charge in [-0.2, -0.15) is 0 Å². The number of halogens is 1. The first kappa shape index (κ1) is 22.6. The van der Waals surface area contributed by atoms with Gasteiger partial charge in [0.2, 0.25) is 5.91 Å². The Morgan fingerprint density at radius 2 is 1.82 bits per heavy atom. The molecule has 7 heteroatoms. The summed E-state index contributed by atoms with van der Waals surface area (Å²) in [6.07, 6.45) is 5.32. The number of carbonyl (C=O) groups excluding carboxylic acids is 2. The number of carbonyl (C=O) groups is 2. The first-order valence-corrected chi connectivity index (χ1v) is 11.1. The average molecular weight is 451 g/mol. The minimum Gasteiger partial charge on any atom is -0.497 e. The van der Waals surface area contributed by atoms with Crippen LogP contribution in [0.1, 0.15) is 53.4 Å². The van der Waals surface area contributed by atoms with Crippen molar-refractivity contribution in [2.75, 3.05) is 7.11 Å². The van der Waals surface area contributed by atoms with Crippen molar-refractivity contribution in [3.63, 3.8) is 0 Å². The van der Waals surface area contributed by atoms with Gasteiger partial charge in [0.1, 0.15) is 17.6 Å². The minimum atomic E-state index is -0.978. The summed E-state index contributed by atoms with van der Waals surface area (Å²) in [5, 5.41) is 3.10. The van der Waals surface area contributed by atoms with Gasteiger partial charge in [0.25, 0.3) is 5.91 Å². The summed E-state index contributed by atoms with van der Waals surface area (Å²) in [6, 6.07) is 15.5. The number of nitrogens with zero attached hydrogens (tertiary/aromatic N) is 1.